The van der Waals surface area contributed by atoms with Crippen molar-refractivity contribution < 1.29 is 13.2 Å². The van der Waals surface area contributed by atoms with Crippen LogP contribution < -0.4 is 5.43 Å². The quantitative estimate of drug-likeness (QED) is 0.581. The van der Waals surface area contributed by atoms with Crippen molar-refractivity contribution in [2.45, 2.75) is 89.0 Å². The molecule has 212 valence electrons. The third-order valence-electron chi connectivity index (χ3n) is 10.5. The van der Waals surface area contributed by atoms with Crippen LogP contribution in [0.1, 0.15) is 71.6 Å². The SMILES string of the molecule is CC1CC(C)CN(C(=O)C2CNN3CCC(C4CCN(S(=O)(=O)C5CCC(N(C)C)CC5)CC4)CC23)C1. The summed E-state index contributed by atoms with van der Waals surface area (Å²) in [4.78, 5) is 18.0. The van der Waals surface area contributed by atoms with E-state index in [2.05, 4.69) is 48.2 Å². The van der Waals surface area contributed by atoms with Crippen molar-refractivity contribution in [2.75, 3.05) is 53.4 Å². The molecular weight excluding hydrogens is 486 g/mol. The smallest absolute Gasteiger partial charge is 0.228 e. The van der Waals surface area contributed by atoms with Gasteiger partial charge in [-0.25, -0.2) is 17.7 Å². The fourth-order valence-electron chi connectivity index (χ4n) is 8.38. The van der Waals surface area contributed by atoms with Crippen LogP contribution in [0.5, 0.6) is 0 Å². The molecule has 0 aromatic carbocycles. The minimum Gasteiger partial charge on any atom is -0.342 e. The van der Waals surface area contributed by atoms with Gasteiger partial charge in [0.15, 0.2) is 0 Å². The molecule has 0 radical (unpaired) electrons. The highest BCUT2D eigenvalue weighted by atomic mass is 32.2. The molecule has 0 aromatic rings. The minimum atomic E-state index is -3.20. The average Bonchev–Trinajstić information content (AvgIpc) is 3.31. The molecule has 5 unspecified atom stereocenters. The molecule has 5 fully saturated rings. The number of nitrogens with one attached hydrogen (secondary N) is 1. The first-order valence-corrected chi connectivity index (χ1v) is 16.6. The van der Waals surface area contributed by atoms with Crippen molar-refractivity contribution in [3.8, 4) is 0 Å². The summed E-state index contributed by atoms with van der Waals surface area (Å²) < 4.78 is 28.7. The lowest BCUT2D eigenvalue weighted by molar-refractivity contribution is -0.139. The predicted octanol–water partition coefficient (Wildman–Crippen LogP) is 2.62. The summed E-state index contributed by atoms with van der Waals surface area (Å²) in [7, 11) is 1.00. The van der Waals surface area contributed by atoms with E-state index in [1.54, 1.807) is 0 Å². The Morgan fingerprint density at radius 2 is 1.46 bits per heavy atom. The van der Waals surface area contributed by atoms with E-state index in [1.165, 1.54) is 6.42 Å². The molecule has 5 rings (SSSR count). The largest absolute Gasteiger partial charge is 0.342 e. The Kier molecular flexibility index (Phi) is 8.57. The number of fused-ring (bicyclic) bond motifs is 1. The van der Waals surface area contributed by atoms with E-state index in [0.717, 1.165) is 77.5 Å². The summed E-state index contributed by atoms with van der Waals surface area (Å²) in [6.45, 7) is 9.46. The van der Waals surface area contributed by atoms with Gasteiger partial charge in [-0.3, -0.25) is 10.2 Å². The number of sulfonamides is 1. The molecule has 37 heavy (non-hydrogen) atoms. The van der Waals surface area contributed by atoms with Gasteiger partial charge < -0.3 is 9.80 Å². The first-order chi connectivity index (χ1) is 17.6. The molecule has 1 aliphatic carbocycles. The van der Waals surface area contributed by atoms with Crippen molar-refractivity contribution in [3.05, 3.63) is 0 Å². The van der Waals surface area contributed by atoms with Gasteiger partial charge >= 0.3 is 0 Å². The molecule has 4 saturated heterocycles. The maximum Gasteiger partial charge on any atom is 0.228 e. The molecule has 5 atom stereocenters. The van der Waals surface area contributed by atoms with E-state index in [4.69, 9.17) is 0 Å². The molecule has 9 heteroatoms. The Bertz CT molecular complexity index is 887. The van der Waals surface area contributed by atoms with Crippen molar-refractivity contribution >= 4 is 15.9 Å². The van der Waals surface area contributed by atoms with Gasteiger partial charge in [0.05, 0.1) is 11.2 Å². The number of hydrogen-bond acceptors (Lipinski definition) is 6. The molecule has 5 aliphatic rings. The topological polar surface area (TPSA) is 76.2 Å². The van der Waals surface area contributed by atoms with E-state index >= 15 is 0 Å². The summed E-state index contributed by atoms with van der Waals surface area (Å²) >= 11 is 0. The first-order valence-electron chi connectivity index (χ1n) is 15.1. The fourth-order valence-corrected chi connectivity index (χ4v) is 10.4. The highest BCUT2D eigenvalue weighted by Gasteiger charge is 2.46. The zero-order chi connectivity index (χ0) is 26.3. The minimum absolute atomic E-state index is 0.0538. The Morgan fingerprint density at radius 3 is 2.08 bits per heavy atom. The molecule has 0 aromatic heterocycles. The molecule has 1 N–H and O–H groups in total. The van der Waals surface area contributed by atoms with Gasteiger partial charge in [-0.15, -0.1) is 0 Å². The molecule has 0 bridgehead atoms. The van der Waals surface area contributed by atoms with Crippen LogP contribution in [0.3, 0.4) is 0 Å². The Balaban J connectivity index is 1.14. The number of amides is 1. The number of piperidine rings is 3. The van der Waals surface area contributed by atoms with E-state index in [9.17, 15) is 13.2 Å². The maximum absolute atomic E-state index is 13.6. The third kappa shape index (κ3) is 5.91. The van der Waals surface area contributed by atoms with Gasteiger partial charge in [0.25, 0.3) is 0 Å². The summed E-state index contributed by atoms with van der Waals surface area (Å²) in [5, 5.41) is 2.15. The second-order valence-corrected chi connectivity index (χ2v) is 15.6. The van der Waals surface area contributed by atoms with E-state index in [0.29, 0.717) is 48.7 Å². The van der Waals surface area contributed by atoms with Crippen molar-refractivity contribution in [1.29, 1.82) is 0 Å². The fraction of sp³-hybridized carbons (Fsp3) is 0.964. The normalized spacial score (nSPS) is 39.2. The van der Waals surface area contributed by atoms with E-state index in [-0.39, 0.29) is 17.2 Å². The first kappa shape index (κ1) is 27.8. The Morgan fingerprint density at radius 1 is 0.838 bits per heavy atom. The molecular formula is C28H51N5O3S. The monoisotopic (exact) mass is 537 g/mol. The van der Waals surface area contributed by atoms with Crippen LogP contribution >= 0.6 is 0 Å². The number of carbonyl (C=O) groups excluding carboxylic acids is 1. The van der Waals surface area contributed by atoms with Crippen LogP contribution in [0.15, 0.2) is 0 Å². The predicted molar refractivity (Wildman–Crippen MR) is 147 cm³/mol. The number of nitrogens with zero attached hydrogens (tertiary/aromatic N) is 4. The molecule has 0 spiro atoms. The number of likely N-dealkylation sites (tertiary alicyclic amines) is 1. The highest BCUT2D eigenvalue weighted by Crippen LogP contribution is 2.40. The van der Waals surface area contributed by atoms with Gasteiger partial charge in [0.1, 0.15) is 0 Å². The number of hydrazine groups is 1. The van der Waals surface area contributed by atoms with Crippen molar-refractivity contribution in [2.24, 2.45) is 29.6 Å². The molecule has 4 heterocycles. The zero-order valence-corrected chi connectivity index (χ0v) is 24.5. The number of rotatable bonds is 5. The Labute approximate surface area is 225 Å². The average molecular weight is 538 g/mol. The van der Waals surface area contributed by atoms with Gasteiger partial charge in [-0.05, 0) is 95.6 Å². The molecule has 8 nitrogen and oxygen atoms in total. The van der Waals surface area contributed by atoms with Crippen LogP contribution in [-0.4, -0.2) is 104 Å². The lowest BCUT2D eigenvalue weighted by atomic mass is 9.75. The summed E-state index contributed by atoms with van der Waals surface area (Å²) in [5.74, 6) is 2.74. The lowest BCUT2D eigenvalue weighted by Crippen LogP contribution is -2.52. The van der Waals surface area contributed by atoms with Gasteiger partial charge in [-0.2, -0.15) is 0 Å². The second-order valence-electron chi connectivity index (χ2n) is 13.4. The van der Waals surface area contributed by atoms with Crippen LogP contribution in [0.25, 0.3) is 0 Å². The van der Waals surface area contributed by atoms with Gasteiger partial charge in [0.2, 0.25) is 15.9 Å². The van der Waals surface area contributed by atoms with Gasteiger partial charge in [-0.1, -0.05) is 13.8 Å². The van der Waals surface area contributed by atoms with E-state index < -0.39 is 10.0 Å². The summed E-state index contributed by atoms with van der Waals surface area (Å²) in [5.41, 5.74) is 3.54. The van der Waals surface area contributed by atoms with Gasteiger partial charge in [0, 0.05) is 51.4 Å². The third-order valence-corrected chi connectivity index (χ3v) is 12.9. The number of carbonyl (C=O) groups is 1. The van der Waals surface area contributed by atoms with Crippen LogP contribution in [-0.2, 0) is 14.8 Å². The highest BCUT2D eigenvalue weighted by molar-refractivity contribution is 7.89. The summed E-state index contributed by atoms with van der Waals surface area (Å²) in [6.07, 6.45) is 8.92. The molecule has 4 aliphatic heterocycles. The molecule has 1 saturated carbocycles. The molecule has 1 amide bonds. The van der Waals surface area contributed by atoms with Crippen LogP contribution in [0, 0.1) is 29.6 Å². The maximum atomic E-state index is 13.6. The van der Waals surface area contributed by atoms with Crippen LogP contribution in [0.4, 0.5) is 0 Å². The zero-order valence-electron chi connectivity index (χ0n) is 23.6. The number of hydrogen-bond donors (Lipinski definition) is 1. The van der Waals surface area contributed by atoms with Crippen LogP contribution in [0.2, 0.25) is 0 Å². The standard InChI is InChI=1S/C28H51N5O3S/c1-20-15-21(2)19-31(18-20)28(34)26-17-29-33-14-11-23(16-27(26)33)22-9-12-32(13-10-22)37(35,36)25-7-5-24(6-8-25)30(3)4/h20-27,29H,5-19H2,1-4H3. The van der Waals surface area contributed by atoms with Crippen molar-refractivity contribution in [3.63, 3.8) is 0 Å². The Hall–Kier alpha value is -0.740. The summed E-state index contributed by atoms with van der Waals surface area (Å²) in [6, 6.07) is 0.804. The van der Waals surface area contributed by atoms with E-state index in [1.807, 2.05) is 4.31 Å². The lowest BCUT2D eigenvalue weighted by Gasteiger charge is -2.43. The second kappa shape index (κ2) is 11.4. The van der Waals surface area contributed by atoms with Crippen molar-refractivity contribution in [1.82, 2.24) is 24.5 Å².